The van der Waals surface area contributed by atoms with Crippen molar-refractivity contribution in [3.63, 3.8) is 0 Å². The van der Waals surface area contributed by atoms with Crippen LogP contribution in [0.3, 0.4) is 0 Å². The minimum absolute atomic E-state index is 0.404. The molecule has 0 aliphatic heterocycles. The summed E-state index contributed by atoms with van der Waals surface area (Å²) in [6.45, 7) is 0. The van der Waals surface area contributed by atoms with Crippen LogP contribution in [-0.2, 0) is 0 Å². The summed E-state index contributed by atoms with van der Waals surface area (Å²) in [4.78, 5) is 0. The molecule has 0 amide bonds. The number of nitrogens with zero attached hydrogens (tertiary/aromatic N) is 1. The molecule has 2 heterocycles. The van der Waals surface area contributed by atoms with E-state index in [4.69, 9.17) is 14.1 Å². The third-order valence-electron chi connectivity index (χ3n) is 5.91. The van der Waals surface area contributed by atoms with Crippen molar-refractivity contribution in [3.8, 4) is 11.4 Å². The molecule has 6 nitrogen and oxygen atoms in total. The van der Waals surface area contributed by atoms with Gasteiger partial charge in [-0.15, -0.1) is 0 Å². The third-order valence-corrected chi connectivity index (χ3v) is 5.91. The van der Waals surface area contributed by atoms with Gasteiger partial charge in [-0.05, 0) is 54.0 Å². The molecule has 0 fully saturated rings. The molecule has 0 aliphatic carbocycles. The maximum Gasteiger partial charge on any atom is 0.504 e. The third kappa shape index (κ3) is 2.81. The molecule has 2 aromatic heterocycles. The largest absolute Gasteiger partial charge is 0.539 e. The summed E-state index contributed by atoms with van der Waals surface area (Å²) in [6, 6.07) is 25.0. The number of fused-ring (bicyclic) bond motifs is 6. The van der Waals surface area contributed by atoms with Crippen molar-refractivity contribution >= 4 is 64.0 Å². The normalized spacial score (nSPS) is 11.6. The SMILES string of the molecule is OBOc1ccc2c(c1)c1cc(B(O)O)ccc1n2-c1ccc2oc3ccccc3c2c1. The van der Waals surface area contributed by atoms with Gasteiger partial charge in [0.2, 0.25) is 0 Å². The average Bonchev–Trinajstić information content (AvgIpc) is 3.33. The van der Waals surface area contributed by atoms with E-state index in [9.17, 15) is 10.0 Å². The Kier molecular flexibility index (Phi) is 4.26. The second-order valence-corrected chi connectivity index (χ2v) is 7.72. The van der Waals surface area contributed by atoms with Crippen molar-refractivity contribution in [1.82, 2.24) is 4.57 Å². The van der Waals surface area contributed by atoms with Gasteiger partial charge in [0.1, 0.15) is 16.9 Å². The zero-order chi connectivity index (χ0) is 21.8. The van der Waals surface area contributed by atoms with E-state index in [1.54, 1.807) is 12.1 Å². The highest BCUT2D eigenvalue weighted by Gasteiger charge is 2.18. The monoisotopic (exact) mass is 421 g/mol. The highest BCUT2D eigenvalue weighted by Crippen LogP contribution is 2.36. The molecule has 0 spiro atoms. The topological polar surface area (TPSA) is 88.0 Å². The summed E-state index contributed by atoms with van der Waals surface area (Å²) in [6.07, 6.45) is 0. The fourth-order valence-corrected chi connectivity index (χ4v) is 4.48. The van der Waals surface area contributed by atoms with Crippen LogP contribution in [0.25, 0.3) is 49.4 Å². The first-order valence-corrected chi connectivity index (χ1v) is 10.2. The van der Waals surface area contributed by atoms with Crippen LogP contribution in [0.2, 0.25) is 0 Å². The molecule has 0 unspecified atom stereocenters. The summed E-state index contributed by atoms with van der Waals surface area (Å²) in [7, 11) is -1.99. The lowest BCUT2D eigenvalue weighted by Crippen LogP contribution is -2.29. The van der Waals surface area contributed by atoms with Crippen molar-refractivity contribution in [3.05, 3.63) is 78.9 Å². The molecule has 8 heteroatoms. The van der Waals surface area contributed by atoms with Crippen LogP contribution < -0.4 is 10.1 Å². The number of rotatable bonds is 4. The molecule has 6 rings (SSSR count). The van der Waals surface area contributed by atoms with E-state index >= 15 is 0 Å². The van der Waals surface area contributed by atoms with Gasteiger partial charge in [-0.3, -0.25) is 0 Å². The Morgan fingerprint density at radius 2 is 1.50 bits per heavy atom. The van der Waals surface area contributed by atoms with Gasteiger partial charge in [0.05, 0.1) is 11.0 Å². The van der Waals surface area contributed by atoms with Gasteiger partial charge in [0.15, 0.2) is 0 Å². The van der Waals surface area contributed by atoms with Gasteiger partial charge in [0.25, 0.3) is 0 Å². The van der Waals surface area contributed by atoms with Crippen LogP contribution in [0.1, 0.15) is 0 Å². The van der Waals surface area contributed by atoms with E-state index in [0.717, 1.165) is 49.4 Å². The highest BCUT2D eigenvalue weighted by atomic mass is 16.5. The molecule has 0 saturated carbocycles. The second kappa shape index (κ2) is 7.17. The van der Waals surface area contributed by atoms with Crippen LogP contribution in [0, 0.1) is 0 Å². The fraction of sp³-hybridized carbons (Fsp3) is 0. The Hall–Kier alpha value is -3.71. The summed E-state index contributed by atoms with van der Waals surface area (Å²) in [5, 5.41) is 32.4. The van der Waals surface area contributed by atoms with E-state index in [0.29, 0.717) is 11.2 Å². The van der Waals surface area contributed by atoms with E-state index in [1.165, 1.54) is 0 Å². The van der Waals surface area contributed by atoms with Gasteiger partial charge < -0.3 is 28.7 Å². The molecule has 0 aliphatic rings. The predicted molar refractivity (Wildman–Crippen MR) is 128 cm³/mol. The lowest BCUT2D eigenvalue weighted by atomic mass is 9.80. The van der Waals surface area contributed by atoms with Crippen LogP contribution in [0.15, 0.2) is 83.3 Å². The Bertz CT molecular complexity index is 1640. The molecule has 0 radical (unpaired) electrons. The van der Waals surface area contributed by atoms with E-state index in [2.05, 4.69) is 10.6 Å². The van der Waals surface area contributed by atoms with Gasteiger partial charge in [-0.2, -0.15) is 0 Å². The number of aromatic nitrogens is 1. The Morgan fingerprint density at radius 3 is 2.31 bits per heavy atom. The Labute approximate surface area is 183 Å². The quantitative estimate of drug-likeness (QED) is 0.381. The zero-order valence-corrected chi connectivity index (χ0v) is 16.9. The lowest BCUT2D eigenvalue weighted by Gasteiger charge is -2.09. The summed E-state index contributed by atoms with van der Waals surface area (Å²) in [5.74, 6) is 0.533. The zero-order valence-electron chi connectivity index (χ0n) is 16.9. The smallest absolute Gasteiger partial charge is 0.504 e. The molecule has 4 aromatic carbocycles. The molecule has 154 valence electrons. The summed E-state index contributed by atoms with van der Waals surface area (Å²) in [5.41, 5.74) is 4.87. The maximum absolute atomic E-state index is 9.69. The van der Waals surface area contributed by atoms with Crippen molar-refractivity contribution in [1.29, 1.82) is 0 Å². The molecule has 32 heavy (non-hydrogen) atoms. The Morgan fingerprint density at radius 1 is 0.750 bits per heavy atom. The molecule has 0 saturated heterocycles. The molecular formula is C24H17B2NO5. The average molecular weight is 421 g/mol. The summed E-state index contributed by atoms with van der Waals surface area (Å²) >= 11 is 0. The molecular weight excluding hydrogens is 404 g/mol. The molecule has 6 aromatic rings. The number of furan rings is 1. The maximum atomic E-state index is 9.69. The molecule has 0 atom stereocenters. The highest BCUT2D eigenvalue weighted by molar-refractivity contribution is 6.59. The van der Waals surface area contributed by atoms with Crippen LogP contribution in [-0.4, -0.2) is 34.4 Å². The number of benzene rings is 4. The standard InChI is InChI=1S/C24H17B2NO5/c28-25-32-16-7-9-22-19(13-16)18-11-14(26(29)30)5-8-21(18)27(22)15-6-10-24-20(12-15)17-3-1-2-4-23(17)31-24/h1-13,25,28-30H. The first-order chi connectivity index (χ1) is 15.6. The van der Waals surface area contributed by atoms with E-state index in [-0.39, 0.29) is 0 Å². The van der Waals surface area contributed by atoms with E-state index in [1.807, 2.05) is 60.7 Å². The number of hydrogen-bond donors (Lipinski definition) is 3. The summed E-state index contributed by atoms with van der Waals surface area (Å²) < 4.78 is 13.4. The minimum atomic E-state index is -1.57. The van der Waals surface area contributed by atoms with E-state index < -0.39 is 14.8 Å². The fourth-order valence-electron chi connectivity index (χ4n) is 4.48. The van der Waals surface area contributed by atoms with Crippen molar-refractivity contribution in [2.24, 2.45) is 0 Å². The van der Waals surface area contributed by atoms with Crippen LogP contribution >= 0.6 is 0 Å². The van der Waals surface area contributed by atoms with Gasteiger partial charge in [-0.25, -0.2) is 0 Å². The molecule has 3 N–H and O–H groups in total. The van der Waals surface area contributed by atoms with Gasteiger partial charge >= 0.3 is 14.8 Å². The second-order valence-electron chi connectivity index (χ2n) is 7.72. The predicted octanol–water partition coefficient (Wildman–Crippen LogP) is 3.00. The first kappa shape index (κ1) is 19.0. The van der Waals surface area contributed by atoms with Crippen molar-refractivity contribution in [2.45, 2.75) is 0 Å². The number of hydrogen-bond acceptors (Lipinski definition) is 5. The van der Waals surface area contributed by atoms with Crippen molar-refractivity contribution in [2.75, 3.05) is 0 Å². The van der Waals surface area contributed by atoms with Crippen molar-refractivity contribution < 1.29 is 24.1 Å². The van der Waals surface area contributed by atoms with Gasteiger partial charge in [0, 0.05) is 27.2 Å². The van der Waals surface area contributed by atoms with Gasteiger partial charge in [-0.1, -0.05) is 30.3 Å². The molecule has 0 bridgehead atoms. The first-order valence-electron chi connectivity index (χ1n) is 10.2. The minimum Gasteiger partial charge on any atom is -0.539 e. The van der Waals surface area contributed by atoms with Crippen LogP contribution in [0.4, 0.5) is 0 Å². The van der Waals surface area contributed by atoms with Crippen LogP contribution in [0.5, 0.6) is 5.75 Å². The number of para-hydroxylation sites is 1. The lowest BCUT2D eigenvalue weighted by molar-refractivity contribution is 0.426. The Balaban J connectivity index is 1.68.